The summed E-state index contributed by atoms with van der Waals surface area (Å²) in [5, 5.41) is 0. The summed E-state index contributed by atoms with van der Waals surface area (Å²) in [7, 11) is 0. The second-order valence-corrected chi connectivity index (χ2v) is 6.43. The van der Waals surface area contributed by atoms with Gasteiger partial charge in [0, 0.05) is 13.1 Å². The molecule has 108 valence electrons. The topological polar surface area (TPSA) is 38.5 Å². The largest absolute Gasteiger partial charge is 0.372 e. The monoisotopic (exact) mass is 256 g/mol. The second kappa shape index (κ2) is 6.88. The molecule has 1 fully saturated rings. The van der Waals surface area contributed by atoms with Crippen molar-refractivity contribution in [1.29, 1.82) is 0 Å². The molecule has 0 amide bonds. The summed E-state index contributed by atoms with van der Waals surface area (Å²) in [6.07, 6.45) is 4.70. The Morgan fingerprint density at radius 3 is 2.06 bits per heavy atom. The Kier molecular flexibility index (Phi) is 6.09. The van der Waals surface area contributed by atoms with Gasteiger partial charge in [-0.15, -0.1) is 0 Å². The third-order valence-electron chi connectivity index (χ3n) is 4.60. The van der Waals surface area contributed by atoms with E-state index in [1.54, 1.807) is 0 Å². The summed E-state index contributed by atoms with van der Waals surface area (Å²) in [6.45, 7) is 13.8. The first-order chi connectivity index (χ1) is 8.47. The second-order valence-electron chi connectivity index (χ2n) is 6.43. The van der Waals surface area contributed by atoms with Crippen molar-refractivity contribution in [1.82, 2.24) is 4.90 Å². The van der Waals surface area contributed by atoms with Gasteiger partial charge in [0.1, 0.15) is 0 Å². The number of likely N-dealkylation sites (N-methyl/N-ethyl adjacent to an activating group) is 1. The van der Waals surface area contributed by atoms with Gasteiger partial charge >= 0.3 is 0 Å². The molecule has 1 aliphatic rings. The number of ether oxygens (including phenoxy) is 1. The van der Waals surface area contributed by atoms with Crippen LogP contribution in [-0.4, -0.2) is 43.3 Å². The third-order valence-corrected chi connectivity index (χ3v) is 4.60. The molecule has 3 nitrogen and oxygen atoms in total. The summed E-state index contributed by atoms with van der Waals surface area (Å²) in [5.41, 5.74) is 6.40. The standard InChI is InChI=1S/C15H32N2O/c1-5-17(6-2)11-12-18-15(13-16)9-7-14(3,4)8-10-15/h5-13,16H2,1-4H3. The van der Waals surface area contributed by atoms with E-state index in [0.29, 0.717) is 12.0 Å². The molecule has 0 spiro atoms. The minimum absolute atomic E-state index is 0.0390. The van der Waals surface area contributed by atoms with Gasteiger partial charge in [-0.25, -0.2) is 0 Å². The number of nitrogens with zero attached hydrogens (tertiary/aromatic N) is 1. The van der Waals surface area contributed by atoms with E-state index in [2.05, 4.69) is 32.6 Å². The van der Waals surface area contributed by atoms with Crippen molar-refractivity contribution in [2.24, 2.45) is 11.1 Å². The maximum absolute atomic E-state index is 6.18. The van der Waals surface area contributed by atoms with E-state index < -0.39 is 0 Å². The molecule has 2 N–H and O–H groups in total. The lowest BCUT2D eigenvalue weighted by molar-refractivity contribution is -0.0854. The molecule has 0 aromatic carbocycles. The summed E-state index contributed by atoms with van der Waals surface area (Å²) in [5.74, 6) is 0. The van der Waals surface area contributed by atoms with Crippen LogP contribution in [0.3, 0.4) is 0 Å². The molecule has 0 aromatic rings. The van der Waals surface area contributed by atoms with Crippen LogP contribution in [0.2, 0.25) is 0 Å². The Bertz CT molecular complexity index is 227. The van der Waals surface area contributed by atoms with Gasteiger partial charge in [-0.1, -0.05) is 27.7 Å². The lowest BCUT2D eigenvalue weighted by atomic mass is 9.71. The molecule has 3 heteroatoms. The van der Waals surface area contributed by atoms with Crippen molar-refractivity contribution in [3.05, 3.63) is 0 Å². The molecule has 0 bridgehead atoms. The fourth-order valence-corrected chi connectivity index (χ4v) is 2.72. The van der Waals surface area contributed by atoms with E-state index in [1.165, 1.54) is 12.8 Å². The molecule has 0 aromatic heterocycles. The highest BCUT2D eigenvalue weighted by Crippen LogP contribution is 2.41. The fraction of sp³-hybridized carbons (Fsp3) is 1.00. The SMILES string of the molecule is CCN(CC)CCOC1(CN)CCC(C)(C)CC1. The van der Waals surface area contributed by atoms with Gasteiger partial charge in [0.05, 0.1) is 12.2 Å². The molecule has 0 aliphatic heterocycles. The Hall–Kier alpha value is -0.120. The van der Waals surface area contributed by atoms with Crippen molar-refractivity contribution in [2.45, 2.75) is 59.0 Å². The van der Waals surface area contributed by atoms with Crippen LogP contribution in [-0.2, 0) is 4.74 Å². The van der Waals surface area contributed by atoms with E-state index in [9.17, 15) is 0 Å². The molecule has 0 saturated heterocycles. The normalized spacial score (nSPS) is 22.3. The molecule has 0 heterocycles. The van der Waals surface area contributed by atoms with Crippen LogP contribution >= 0.6 is 0 Å². The summed E-state index contributed by atoms with van der Waals surface area (Å²) in [6, 6.07) is 0. The molecule has 0 atom stereocenters. The minimum Gasteiger partial charge on any atom is -0.372 e. The van der Waals surface area contributed by atoms with E-state index in [-0.39, 0.29) is 5.60 Å². The van der Waals surface area contributed by atoms with Crippen LogP contribution in [0.5, 0.6) is 0 Å². The predicted molar refractivity (Wildman–Crippen MR) is 77.8 cm³/mol. The fourth-order valence-electron chi connectivity index (χ4n) is 2.72. The van der Waals surface area contributed by atoms with Gasteiger partial charge in [0.15, 0.2) is 0 Å². The molecular formula is C15H32N2O. The average molecular weight is 256 g/mol. The molecule has 0 unspecified atom stereocenters. The first-order valence-electron chi connectivity index (χ1n) is 7.53. The molecule has 1 aliphatic carbocycles. The van der Waals surface area contributed by atoms with Gasteiger partial charge in [-0.2, -0.15) is 0 Å². The number of nitrogens with two attached hydrogens (primary N) is 1. The summed E-state index contributed by atoms with van der Waals surface area (Å²) >= 11 is 0. The lowest BCUT2D eigenvalue weighted by Gasteiger charge is -2.43. The van der Waals surface area contributed by atoms with Gasteiger partial charge in [0.25, 0.3) is 0 Å². The summed E-state index contributed by atoms with van der Waals surface area (Å²) in [4.78, 5) is 2.40. The smallest absolute Gasteiger partial charge is 0.0805 e. The zero-order chi connectivity index (χ0) is 13.6. The van der Waals surface area contributed by atoms with E-state index >= 15 is 0 Å². The number of rotatable bonds is 7. The first-order valence-corrected chi connectivity index (χ1v) is 7.53. The van der Waals surface area contributed by atoms with Gasteiger partial charge in [0.2, 0.25) is 0 Å². The van der Waals surface area contributed by atoms with Crippen LogP contribution < -0.4 is 5.73 Å². The van der Waals surface area contributed by atoms with E-state index in [1.807, 2.05) is 0 Å². The van der Waals surface area contributed by atoms with Gasteiger partial charge in [-0.05, 0) is 44.2 Å². The highest BCUT2D eigenvalue weighted by Gasteiger charge is 2.38. The van der Waals surface area contributed by atoms with E-state index in [0.717, 1.165) is 39.1 Å². The molecule has 1 rings (SSSR count). The minimum atomic E-state index is -0.0390. The maximum Gasteiger partial charge on any atom is 0.0805 e. The molecule has 1 saturated carbocycles. The zero-order valence-electron chi connectivity index (χ0n) is 12.8. The lowest BCUT2D eigenvalue weighted by Crippen LogP contribution is -2.46. The third kappa shape index (κ3) is 4.52. The Balaban J connectivity index is 2.38. The van der Waals surface area contributed by atoms with Crippen molar-refractivity contribution >= 4 is 0 Å². The summed E-state index contributed by atoms with van der Waals surface area (Å²) < 4.78 is 6.18. The van der Waals surface area contributed by atoms with Crippen LogP contribution in [0.4, 0.5) is 0 Å². The Labute approximate surface area is 113 Å². The number of hydrogen-bond donors (Lipinski definition) is 1. The van der Waals surface area contributed by atoms with Gasteiger partial charge < -0.3 is 15.4 Å². The molecule has 18 heavy (non-hydrogen) atoms. The quantitative estimate of drug-likeness (QED) is 0.761. The van der Waals surface area contributed by atoms with Gasteiger partial charge in [-0.3, -0.25) is 0 Å². The maximum atomic E-state index is 6.18. The Morgan fingerprint density at radius 1 is 1.06 bits per heavy atom. The van der Waals surface area contributed by atoms with Crippen LogP contribution in [0.1, 0.15) is 53.4 Å². The van der Waals surface area contributed by atoms with Crippen molar-refractivity contribution in [2.75, 3.05) is 32.8 Å². The van der Waals surface area contributed by atoms with Crippen molar-refractivity contribution in [3.63, 3.8) is 0 Å². The van der Waals surface area contributed by atoms with Crippen LogP contribution in [0, 0.1) is 5.41 Å². The van der Waals surface area contributed by atoms with Crippen molar-refractivity contribution < 1.29 is 4.74 Å². The predicted octanol–water partition coefficient (Wildman–Crippen LogP) is 2.64. The van der Waals surface area contributed by atoms with Crippen molar-refractivity contribution in [3.8, 4) is 0 Å². The first kappa shape index (κ1) is 15.9. The highest BCUT2D eigenvalue weighted by atomic mass is 16.5. The zero-order valence-corrected chi connectivity index (χ0v) is 12.8. The van der Waals surface area contributed by atoms with Crippen LogP contribution in [0.15, 0.2) is 0 Å². The number of hydrogen-bond acceptors (Lipinski definition) is 3. The highest BCUT2D eigenvalue weighted by molar-refractivity contribution is 4.91. The molecular weight excluding hydrogens is 224 g/mol. The van der Waals surface area contributed by atoms with E-state index in [4.69, 9.17) is 10.5 Å². The Morgan fingerprint density at radius 2 is 1.61 bits per heavy atom. The van der Waals surface area contributed by atoms with Crippen LogP contribution in [0.25, 0.3) is 0 Å². The average Bonchev–Trinajstić information content (AvgIpc) is 2.37. The molecule has 0 radical (unpaired) electrons.